The van der Waals surface area contributed by atoms with Crippen LogP contribution in [-0.2, 0) is 5.33 Å². The number of hydrogen-bond donors (Lipinski definition) is 0. The third-order valence-electron chi connectivity index (χ3n) is 2.99. The molecule has 0 unspecified atom stereocenters. The summed E-state index contributed by atoms with van der Waals surface area (Å²) in [5, 5.41) is 11.6. The van der Waals surface area contributed by atoms with Crippen LogP contribution in [0.25, 0.3) is 0 Å². The Kier molecular flexibility index (Phi) is 4.57. The van der Waals surface area contributed by atoms with Gasteiger partial charge in [-0.2, -0.15) is 0 Å². The molecule has 0 spiro atoms. The summed E-state index contributed by atoms with van der Waals surface area (Å²) in [5.41, 5.74) is 1.76. The van der Waals surface area contributed by atoms with E-state index in [1.54, 1.807) is 32.0 Å². The Morgan fingerprint density at radius 3 is 2.62 bits per heavy atom. The summed E-state index contributed by atoms with van der Waals surface area (Å²) < 4.78 is 19.5. The van der Waals surface area contributed by atoms with Crippen LogP contribution in [-0.4, -0.2) is 4.92 Å². The normalized spacial score (nSPS) is 10.5. The lowest BCUT2D eigenvalue weighted by atomic mass is 10.1. The van der Waals surface area contributed by atoms with E-state index < -0.39 is 10.7 Å². The van der Waals surface area contributed by atoms with Crippen LogP contribution in [0.5, 0.6) is 11.5 Å². The van der Waals surface area contributed by atoms with Crippen LogP contribution in [0, 0.1) is 29.8 Å². The van der Waals surface area contributed by atoms with Crippen LogP contribution in [0.15, 0.2) is 30.3 Å². The second kappa shape index (κ2) is 6.22. The molecule has 6 heteroatoms. The largest absolute Gasteiger partial charge is 0.446 e. The second-order valence-corrected chi connectivity index (χ2v) is 5.21. The highest BCUT2D eigenvalue weighted by atomic mass is 79.9. The third-order valence-corrected chi connectivity index (χ3v) is 3.60. The van der Waals surface area contributed by atoms with Crippen molar-refractivity contribution < 1.29 is 14.1 Å². The maximum absolute atomic E-state index is 14.0. The Balaban J connectivity index is 2.57. The number of benzene rings is 2. The van der Waals surface area contributed by atoms with Crippen molar-refractivity contribution in [1.29, 1.82) is 0 Å². The summed E-state index contributed by atoms with van der Waals surface area (Å²) in [6.45, 7) is 3.46. The highest BCUT2D eigenvalue weighted by Crippen LogP contribution is 2.38. The highest BCUT2D eigenvalue weighted by molar-refractivity contribution is 9.08. The Morgan fingerprint density at radius 2 is 2.00 bits per heavy atom. The van der Waals surface area contributed by atoms with Gasteiger partial charge in [-0.05, 0) is 31.0 Å². The van der Waals surface area contributed by atoms with Crippen molar-refractivity contribution in [3.8, 4) is 11.5 Å². The molecule has 2 rings (SSSR count). The van der Waals surface area contributed by atoms with Gasteiger partial charge in [-0.15, -0.1) is 0 Å². The van der Waals surface area contributed by atoms with E-state index >= 15 is 0 Å². The minimum Gasteiger partial charge on any atom is -0.446 e. The third kappa shape index (κ3) is 3.21. The average molecular weight is 354 g/mol. The molecule has 0 N–H and O–H groups in total. The first-order valence-electron chi connectivity index (χ1n) is 6.21. The number of para-hydroxylation sites is 1. The van der Waals surface area contributed by atoms with Crippen molar-refractivity contribution >= 4 is 21.6 Å². The molecular formula is C15H13BrFNO3. The van der Waals surface area contributed by atoms with Gasteiger partial charge in [0.1, 0.15) is 0 Å². The fraction of sp³-hybridized carbons (Fsp3) is 0.200. The minimum atomic E-state index is -0.554. The zero-order valence-electron chi connectivity index (χ0n) is 11.5. The highest BCUT2D eigenvalue weighted by Gasteiger charge is 2.21. The first-order chi connectivity index (χ1) is 9.93. The van der Waals surface area contributed by atoms with Crippen molar-refractivity contribution in [2.75, 3.05) is 0 Å². The predicted molar refractivity (Wildman–Crippen MR) is 81.7 cm³/mol. The molecule has 0 aliphatic rings. The Labute approximate surface area is 129 Å². The quantitative estimate of drug-likeness (QED) is 0.439. The maximum Gasteiger partial charge on any atom is 0.312 e. The topological polar surface area (TPSA) is 52.4 Å². The first kappa shape index (κ1) is 15.4. The van der Waals surface area contributed by atoms with Gasteiger partial charge in [-0.1, -0.05) is 34.1 Å². The molecule has 21 heavy (non-hydrogen) atoms. The van der Waals surface area contributed by atoms with Gasteiger partial charge in [0.05, 0.1) is 4.92 Å². The summed E-state index contributed by atoms with van der Waals surface area (Å²) in [5.74, 6) is -0.483. The van der Waals surface area contributed by atoms with E-state index in [0.29, 0.717) is 16.5 Å². The van der Waals surface area contributed by atoms with Crippen LogP contribution >= 0.6 is 15.9 Å². The zero-order chi connectivity index (χ0) is 15.6. The number of hydrogen-bond acceptors (Lipinski definition) is 3. The molecule has 2 aromatic carbocycles. The van der Waals surface area contributed by atoms with Crippen molar-refractivity contribution in [3.05, 3.63) is 63.0 Å². The molecule has 0 fully saturated rings. The van der Waals surface area contributed by atoms with Crippen LogP contribution in [0.3, 0.4) is 0 Å². The van der Waals surface area contributed by atoms with Crippen LogP contribution < -0.4 is 4.74 Å². The molecule has 0 radical (unpaired) electrons. The first-order valence-corrected chi connectivity index (χ1v) is 7.33. The van der Waals surface area contributed by atoms with E-state index in [-0.39, 0.29) is 17.2 Å². The number of ether oxygens (including phenoxy) is 1. The van der Waals surface area contributed by atoms with Crippen molar-refractivity contribution in [3.63, 3.8) is 0 Å². The molecule has 0 atom stereocenters. The molecule has 0 saturated carbocycles. The fourth-order valence-electron chi connectivity index (χ4n) is 2.08. The molecule has 0 aliphatic carbocycles. The number of nitro benzene ring substituents is 1. The maximum atomic E-state index is 14.0. The van der Waals surface area contributed by atoms with Crippen LogP contribution in [0.1, 0.15) is 16.7 Å². The number of rotatable bonds is 4. The average Bonchev–Trinajstić information content (AvgIpc) is 2.42. The van der Waals surface area contributed by atoms with Gasteiger partial charge in [0, 0.05) is 17.0 Å². The van der Waals surface area contributed by atoms with Gasteiger partial charge >= 0.3 is 5.69 Å². The molecule has 0 heterocycles. The van der Waals surface area contributed by atoms with Crippen molar-refractivity contribution in [1.82, 2.24) is 0 Å². The SMILES string of the molecule is Cc1cc(C)c(Oc2c(F)cccc2CBr)c([N+](=O)[O-])c1. The van der Waals surface area contributed by atoms with E-state index in [4.69, 9.17) is 4.74 Å². The molecule has 0 bridgehead atoms. The summed E-state index contributed by atoms with van der Waals surface area (Å²) in [6.07, 6.45) is 0. The molecule has 110 valence electrons. The van der Waals surface area contributed by atoms with Crippen LogP contribution in [0.2, 0.25) is 0 Å². The van der Waals surface area contributed by atoms with E-state index in [9.17, 15) is 14.5 Å². The van der Waals surface area contributed by atoms with Gasteiger partial charge in [-0.3, -0.25) is 10.1 Å². The number of aryl methyl sites for hydroxylation is 2. The van der Waals surface area contributed by atoms with E-state index in [1.165, 1.54) is 12.1 Å². The van der Waals surface area contributed by atoms with E-state index in [1.807, 2.05) is 0 Å². The van der Waals surface area contributed by atoms with Crippen LogP contribution in [0.4, 0.5) is 10.1 Å². The summed E-state index contributed by atoms with van der Waals surface area (Å²) >= 11 is 3.25. The van der Waals surface area contributed by atoms with Gasteiger partial charge in [-0.25, -0.2) is 4.39 Å². The minimum absolute atomic E-state index is 0.00410. The fourth-order valence-corrected chi connectivity index (χ4v) is 2.52. The lowest BCUT2D eigenvalue weighted by Gasteiger charge is -2.13. The molecule has 4 nitrogen and oxygen atoms in total. The zero-order valence-corrected chi connectivity index (χ0v) is 13.1. The molecule has 0 amide bonds. The summed E-state index contributed by atoms with van der Waals surface area (Å²) in [7, 11) is 0. The van der Waals surface area contributed by atoms with Crippen molar-refractivity contribution in [2.45, 2.75) is 19.2 Å². The van der Waals surface area contributed by atoms with Crippen molar-refractivity contribution in [2.24, 2.45) is 0 Å². The number of alkyl halides is 1. The Hall–Kier alpha value is -1.95. The lowest BCUT2D eigenvalue weighted by molar-refractivity contribution is -0.385. The van der Waals surface area contributed by atoms with E-state index in [0.717, 1.165) is 5.56 Å². The monoisotopic (exact) mass is 353 g/mol. The predicted octanol–water partition coefficient (Wildman–Crippen LogP) is 5.04. The molecule has 0 saturated heterocycles. The number of nitro groups is 1. The molecule has 0 aliphatic heterocycles. The summed E-state index contributed by atoms with van der Waals surface area (Å²) in [6, 6.07) is 7.70. The number of halogens is 2. The van der Waals surface area contributed by atoms with Gasteiger partial charge in [0.25, 0.3) is 0 Å². The summed E-state index contributed by atoms with van der Waals surface area (Å²) in [4.78, 5) is 10.7. The standard InChI is InChI=1S/C15H13BrFNO3/c1-9-6-10(2)14(13(7-9)18(19)20)21-15-11(8-16)4-3-5-12(15)17/h3-7H,8H2,1-2H3. The Morgan fingerprint density at radius 1 is 1.29 bits per heavy atom. The lowest BCUT2D eigenvalue weighted by Crippen LogP contribution is -2.00. The smallest absolute Gasteiger partial charge is 0.312 e. The Bertz CT molecular complexity index is 704. The van der Waals surface area contributed by atoms with Gasteiger partial charge in [0.2, 0.25) is 5.75 Å². The van der Waals surface area contributed by atoms with E-state index in [2.05, 4.69) is 15.9 Å². The molecule has 2 aromatic rings. The van der Waals surface area contributed by atoms with Gasteiger partial charge in [0.15, 0.2) is 11.6 Å². The van der Waals surface area contributed by atoms with Gasteiger partial charge < -0.3 is 4.74 Å². The second-order valence-electron chi connectivity index (χ2n) is 4.65. The number of nitrogens with zero attached hydrogens (tertiary/aromatic N) is 1. The molecule has 0 aromatic heterocycles. The molecular weight excluding hydrogens is 341 g/mol.